The summed E-state index contributed by atoms with van der Waals surface area (Å²) in [5.74, 6) is 0. The average molecular weight is 703 g/mol. The Labute approximate surface area is 318 Å². The largest absolute Gasteiger partial charge is 0.456 e. The summed E-state index contributed by atoms with van der Waals surface area (Å²) in [6, 6.07) is 73.9. The summed E-state index contributed by atoms with van der Waals surface area (Å²) in [7, 11) is 0. The van der Waals surface area contributed by atoms with Crippen LogP contribution in [0.15, 0.2) is 211 Å². The van der Waals surface area contributed by atoms with Gasteiger partial charge in [0.05, 0.1) is 11.0 Å². The fourth-order valence-electron chi connectivity index (χ4n) is 8.36. The first-order valence-electron chi connectivity index (χ1n) is 18.8. The van der Waals surface area contributed by atoms with Crippen LogP contribution >= 0.6 is 0 Å². The van der Waals surface area contributed by atoms with Crippen LogP contribution in [0.1, 0.15) is 0 Å². The highest BCUT2D eigenvalue weighted by atomic mass is 16.3. The number of hydrogen-bond donors (Lipinski definition) is 0. The third-order valence-electron chi connectivity index (χ3n) is 11.0. The van der Waals surface area contributed by atoms with Crippen LogP contribution in [-0.4, -0.2) is 4.57 Å². The molecule has 258 valence electrons. The molecule has 0 bridgehead atoms. The zero-order chi connectivity index (χ0) is 36.3. The van der Waals surface area contributed by atoms with E-state index < -0.39 is 0 Å². The van der Waals surface area contributed by atoms with Crippen molar-refractivity contribution in [2.45, 2.75) is 0 Å². The van der Waals surface area contributed by atoms with Crippen LogP contribution in [0.2, 0.25) is 0 Å². The Kier molecular flexibility index (Phi) is 7.17. The first-order valence-corrected chi connectivity index (χ1v) is 18.8. The SMILES string of the molecule is c1ccc(-c2ccc(-c3ccc(N(c4ccc(-n5c6ccccc6c6c7ccccc7ccc65)cc4)c4ccc5oc6ccccc6c5c4)cc3)cc2)cc1. The van der Waals surface area contributed by atoms with Crippen molar-refractivity contribution >= 4 is 71.6 Å². The van der Waals surface area contributed by atoms with Gasteiger partial charge in [-0.05, 0) is 106 Å². The molecule has 0 aliphatic rings. The van der Waals surface area contributed by atoms with Gasteiger partial charge in [-0.25, -0.2) is 0 Å². The summed E-state index contributed by atoms with van der Waals surface area (Å²) in [5, 5.41) is 7.28. The molecule has 0 saturated heterocycles. The van der Waals surface area contributed by atoms with Gasteiger partial charge in [0.25, 0.3) is 0 Å². The third-order valence-corrected chi connectivity index (χ3v) is 11.0. The minimum absolute atomic E-state index is 0.883. The van der Waals surface area contributed by atoms with Gasteiger partial charge in [0.2, 0.25) is 0 Å². The lowest BCUT2D eigenvalue weighted by Crippen LogP contribution is -2.10. The van der Waals surface area contributed by atoms with Gasteiger partial charge in [-0.1, -0.05) is 133 Å². The zero-order valence-corrected chi connectivity index (χ0v) is 29.9. The fourth-order valence-corrected chi connectivity index (χ4v) is 8.36. The second-order valence-electron chi connectivity index (χ2n) is 14.2. The number of para-hydroxylation sites is 2. The fraction of sp³-hybridized carbons (Fsp3) is 0. The molecule has 9 aromatic carbocycles. The molecule has 2 aromatic heterocycles. The maximum Gasteiger partial charge on any atom is 0.135 e. The molecule has 0 unspecified atom stereocenters. The normalized spacial score (nSPS) is 11.6. The van der Waals surface area contributed by atoms with Gasteiger partial charge in [0.15, 0.2) is 0 Å². The van der Waals surface area contributed by atoms with E-state index in [1.807, 2.05) is 12.1 Å². The quantitative estimate of drug-likeness (QED) is 0.172. The van der Waals surface area contributed by atoms with E-state index in [9.17, 15) is 0 Å². The summed E-state index contributed by atoms with van der Waals surface area (Å²) in [5.41, 5.74) is 13.3. The van der Waals surface area contributed by atoms with Gasteiger partial charge in [-0.15, -0.1) is 0 Å². The monoisotopic (exact) mass is 702 g/mol. The minimum atomic E-state index is 0.883. The predicted molar refractivity (Wildman–Crippen MR) is 231 cm³/mol. The lowest BCUT2D eigenvalue weighted by Gasteiger charge is -2.26. The second kappa shape index (κ2) is 12.6. The van der Waals surface area contributed by atoms with Crippen molar-refractivity contribution in [1.29, 1.82) is 0 Å². The summed E-state index contributed by atoms with van der Waals surface area (Å²) in [4.78, 5) is 2.34. The summed E-state index contributed by atoms with van der Waals surface area (Å²) in [6.45, 7) is 0. The summed E-state index contributed by atoms with van der Waals surface area (Å²) >= 11 is 0. The molecule has 0 atom stereocenters. The molecule has 0 radical (unpaired) electrons. The first kappa shape index (κ1) is 31.2. The maximum atomic E-state index is 6.23. The highest BCUT2D eigenvalue weighted by Gasteiger charge is 2.18. The predicted octanol–water partition coefficient (Wildman–Crippen LogP) is 14.6. The van der Waals surface area contributed by atoms with Crippen molar-refractivity contribution in [2.75, 3.05) is 4.90 Å². The lowest BCUT2D eigenvalue weighted by molar-refractivity contribution is 0.669. The maximum absolute atomic E-state index is 6.23. The van der Waals surface area contributed by atoms with Crippen molar-refractivity contribution in [2.24, 2.45) is 0 Å². The Morgan fingerprint density at radius 2 is 0.891 bits per heavy atom. The van der Waals surface area contributed by atoms with Crippen LogP contribution in [0.4, 0.5) is 17.1 Å². The smallest absolute Gasteiger partial charge is 0.135 e. The molecular weight excluding hydrogens is 669 g/mol. The number of aromatic nitrogens is 1. The van der Waals surface area contributed by atoms with E-state index in [1.54, 1.807) is 0 Å². The van der Waals surface area contributed by atoms with Crippen molar-refractivity contribution in [3.05, 3.63) is 206 Å². The molecule has 3 heteroatoms. The van der Waals surface area contributed by atoms with Crippen LogP contribution in [0, 0.1) is 0 Å². The molecule has 11 rings (SSSR count). The van der Waals surface area contributed by atoms with Gasteiger partial charge >= 0.3 is 0 Å². The molecule has 0 spiro atoms. The standard InChI is InChI=1S/C52H34N2O/c1-2-10-35(11-3-1)36-18-20-37(21-19-36)38-22-25-40(26-23-38)53(43-31-33-51-47(34-43)45-14-7-9-17-50(45)55-51)41-27-29-42(30-28-41)54-48-16-8-6-15-46(48)52-44-13-5-4-12-39(44)24-32-49(52)54/h1-34H. The van der Waals surface area contributed by atoms with Gasteiger partial charge in [0, 0.05) is 44.3 Å². The van der Waals surface area contributed by atoms with Crippen molar-refractivity contribution in [1.82, 2.24) is 4.57 Å². The summed E-state index contributed by atoms with van der Waals surface area (Å²) in [6.07, 6.45) is 0. The molecular formula is C52H34N2O. The second-order valence-corrected chi connectivity index (χ2v) is 14.2. The molecule has 3 nitrogen and oxygen atoms in total. The van der Waals surface area contributed by atoms with Gasteiger partial charge in [-0.2, -0.15) is 0 Å². The van der Waals surface area contributed by atoms with Crippen molar-refractivity contribution in [3.63, 3.8) is 0 Å². The van der Waals surface area contributed by atoms with Crippen molar-refractivity contribution in [3.8, 4) is 27.9 Å². The molecule has 11 aromatic rings. The number of nitrogens with zero attached hydrogens (tertiary/aromatic N) is 2. The molecule has 0 saturated carbocycles. The lowest BCUT2D eigenvalue weighted by atomic mass is 10.00. The Bertz CT molecular complexity index is 3170. The van der Waals surface area contributed by atoms with E-state index in [4.69, 9.17) is 4.42 Å². The Morgan fingerprint density at radius 1 is 0.345 bits per heavy atom. The Morgan fingerprint density at radius 3 is 1.64 bits per heavy atom. The Balaban J connectivity index is 1.02. The topological polar surface area (TPSA) is 21.3 Å². The average Bonchev–Trinajstić information content (AvgIpc) is 3.81. The highest BCUT2D eigenvalue weighted by molar-refractivity contribution is 6.21. The van der Waals surface area contributed by atoms with Crippen LogP contribution < -0.4 is 4.90 Å². The zero-order valence-electron chi connectivity index (χ0n) is 29.9. The number of benzene rings is 9. The summed E-state index contributed by atoms with van der Waals surface area (Å²) < 4.78 is 8.63. The van der Waals surface area contributed by atoms with Gasteiger partial charge in [0.1, 0.15) is 11.2 Å². The molecule has 2 heterocycles. The number of rotatable bonds is 6. The van der Waals surface area contributed by atoms with Crippen LogP contribution in [0.3, 0.4) is 0 Å². The first-order chi connectivity index (χ1) is 27.3. The van der Waals surface area contributed by atoms with Crippen LogP contribution in [0.5, 0.6) is 0 Å². The molecule has 0 aliphatic carbocycles. The molecule has 0 N–H and O–H groups in total. The Hall–Kier alpha value is -7.36. The van der Waals surface area contributed by atoms with E-state index in [0.29, 0.717) is 0 Å². The molecule has 0 fully saturated rings. The van der Waals surface area contributed by atoms with E-state index in [0.717, 1.165) is 44.7 Å². The third kappa shape index (κ3) is 5.20. The number of fused-ring (bicyclic) bond motifs is 8. The number of furan rings is 1. The van der Waals surface area contributed by atoms with Crippen LogP contribution in [0.25, 0.3) is 82.5 Å². The van der Waals surface area contributed by atoms with E-state index >= 15 is 0 Å². The molecule has 55 heavy (non-hydrogen) atoms. The van der Waals surface area contributed by atoms with Gasteiger partial charge in [-0.3, -0.25) is 0 Å². The molecule has 0 aliphatic heterocycles. The molecule has 0 amide bonds. The van der Waals surface area contributed by atoms with Crippen LogP contribution in [-0.2, 0) is 0 Å². The minimum Gasteiger partial charge on any atom is -0.456 e. The van der Waals surface area contributed by atoms with Gasteiger partial charge < -0.3 is 13.9 Å². The van der Waals surface area contributed by atoms with E-state index in [-0.39, 0.29) is 0 Å². The number of hydrogen-bond acceptors (Lipinski definition) is 2. The van der Waals surface area contributed by atoms with Crippen molar-refractivity contribution < 1.29 is 4.42 Å². The highest BCUT2D eigenvalue weighted by Crippen LogP contribution is 2.41. The van der Waals surface area contributed by atoms with E-state index in [2.05, 4.69) is 204 Å². The number of anilines is 3. The van der Waals surface area contributed by atoms with E-state index in [1.165, 1.54) is 54.8 Å².